The molecule has 0 aliphatic carbocycles. The molecule has 4 rings (SSSR count). The molecule has 0 aliphatic heterocycles. The van der Waals surface area contributed by atoms with E-state index in [0.29, 0.717) is 28.0 Å². The fourth-order valence-corrected chi connectivity index (χ4v) is 4.08. The number of fused-ring (bicyclic) bond motifs is 1. The van der Waals surface area contributed by atoms with Crippen molar-refractivity contribution in [2.45, 2.75) is 33.1 Å². The number of pyridine rings is 1. The van der Waals surface area contributed by atoms with E-state index in [1.165, 1.54) is 11.3 Å². The Balaban J connectivity index is 1.97. The van der Waals surface area contributed by atoms with Crippen LogP contribution >= 0.6 is 11.3 Å². The zero-order chi connectivity index (χ0) is 20.1. The van der Waals surface area contributed by atoms with Gasteiger partial charge in [-0.15, -0.1) is 11.3 Å². The number of H-pyrrole nitrogens is 1. The van der Waals surface area contributed by atoms with Crippen molar-refractivity contribution in [1.29, 1.82) is 5.26 Å². The molecule has 0 spiro atoms. The van der Waals surface area contributed by atoms with Gasteiger partial charge in [-0.3, -0.25) is 9.20 Å². The van der Waals surface area contributed by atoms with Crippen LogP contribution in [0.2, 0.25) is 0 Å². The predicted molar refractivity (Wildman–Crippen MR) is 113 cm³/mol. The molecule has 4 aromatic rings. The minimum Gasteiger partial charge on any atom is -0.342 e. The lowest BCUT2D eigenvalue weighted by molar-refractivity contribution is 0.573. The first kappa shape index (κ1) is 18.2. The summed E-state index contributed by atoms with van der Waals surface area (Å²) in [4.78, 5) is 21.3. The lowest BCUT2D eigenvalue weighted by atomic mass is 9.93. The van der Waals surface area contributed by atoms with Gasteiger partial charge in [-0.2, -0.15) is 5.26 Å². The quantitative estimate of drug-likeness (QED) is 0.531. The van der Waals surface area contributed by atoms with Crippen LogP contribution in [-0.2, 0) is 5.41 Å². The van der Waals surface area contributed by atoms with Crippen LogP contribution in [0.1, 0.15) is 37.6 Å². The Morgan fingerprint density at radius 3 is 2.57 bits per heavy atom. The first-order valence-electron chi connectivity index (χ1n) is 9.01. The standard InChI is InChI=1S/C22H20N4OS/c1-13-15(10-23)19-25-17(22(2,3)4)11-26(19)21(27)18(13)16-12-28-20(24-16)14-8-6-5-7-9-14/h5-9,11-12,25H,1-4H3. The van der Waals surface area contributed by atoms with Crippen molar-refractivity contribution in [2.24, 2.45) is 0 Å². The summed E-state index contributed by atoms with van der Waals surface area (Å²) in [6.07, 6.45) is 1.80. The van der Waals surface area contributed by atoms with Crippen LogP contribution in [0.15, 0.2) is 46.7 Å². The molecule has 3 aromatic heterocycles. The third-order valence-corrected chi connectivity index (χ3v) is 5.76. The molecule has 0 saturated carbocycles. The van der Waals surface area contributed by atoms with Crippen molar-refractivity contribution in [3.05, 3.63) is 69.1 Å². The van der Waals surface area contributed by atoms with Gasteiger partial charge >= 0.3 is 0 Å². The zero-order valence-corrected chi connectivity index (χ0v) is 17.0. The average molecular weight is 388 g/mol. The third kappa shape index (κ3) is 2.85. The summed E-state index contributed by atoms with van der Waals surface area (Å²) in [5.74, 6) is 0. The Labute approximate surface area is 166 Å². The number of imidazole rings is 1. The Bertz CT molecular complexity index is 1280. The average Bonchev–Trinajstić information content (AvgIpc) is 3.30. The van der Waals surface area contributed by atoms with Crippen LogP contribution in [0.5, 0.6) is 0 Å². The maximum absolute atomic E-state index is 13.3. The Morgan fingerprint density at radius 2 is 1.93 bits per heavy atom. The van der Waals surface area contributed by atoms with Gasteiger partial charge in [0.15, 0.2) is 0 Å². The van der Waals surface area contributed by atoms with Gasteiger partial charge in [0.25, 0.3) is 5.56 Å². The molecule has 0 amide bonds. The highest BCUT2D eigenvalue weighted by Gasteiger charge is 2.23. The number of rotatable bonds is 2. The number of thiazole rings is 1. The van der Waals surface area contributed by atoms with Gasteiger partial charge in [-0.05, 0) is 12.5 Å². The monoisotopic (exact) mass is 388 g/mol. The molecule has 1 N–H and O–H groups in total. The molecule has 5 nitrogen and oxygen atoms in total. The first-order valence-corrected chi connectivity index (χ1v) is 9.89. The molecule has 0 saturated heterocycles. The summed E-state index contributed by atoms with van der Waals surface area (Å²) < 4.78 is 1.54. The largest absolute Gasteiger partial charge is 0.342 e. The number of nitrogens with one attached hydrogen (secondary N) is 1. The van der Waals surface area contributed by atoms with Crippen molar-refractivity contribution < 1.29 is 0 Å². The van der Waals surface area contributed by atoms with Crippen LogP contribution in [0.3, 0.4) is 0 Å². The van der Waals surface area contributed by atoms with Gasteiger partial charge in [-0.25, -0.2) is 4.98 Å². The smallest absolute Gasteiger partial charge is 0.266 e. The first-order chi connectivity index (χ1) is 13.3. The molecular weight excluding hydrogens is 368 g/mol. The topological polar surface area (TPSA) is 74.0 Å². The minimum absolute atomic E-state index is 0.164. The number of benzene rings is 1. The molecule has 0 unspecified atom stereocenters. The fraction of sp³-hybridized carbons (Fsp3) is 0.227. The molecule has 1 aromatic carbocycles. The normalized spacial score (nSPS) is 11.7. The number of hydrogen-bond acceptors (Lipinski definition) is 4. The maximum Gasteiger partial charge on any atom is 0.266 e. The third-order valence-electron chi connectivity index (χ3n) is 4.87. The van der Waals surface area contributed by atoms with Gasteiger partial charge in [0.2, 0.25) is 0 Å². The van der Waals surface area contributed by atoms with Gasteiger partial charge in [-0.1, -0.05) is 51.1 Å². The van der Waals surface area contributed by atoms with Crippen LogP contribution in [-0.4, -0.2) is 14.4 Å². The van der Waals surface area contributed by atoms with Crippen molar-refractivity contribution in [3.8, 4) is 27.9 Å². The molecule has 0 atom stereocenters. The highest BCUT2D eigenvalue weighted by Crippen LogP contribution is 2.31. The molecule has 6 heteroatoms. The molecule has 140 valence electrons. The summed E-state index contributed by atoms with van der Waals surface area (Å²) >= 11 is 1.49. The maximum atomic E-state index is 13.3. The van der Waals surface area contributed by atoms with E-state index in [0.717, 1.165) is 16.3 Å². The molecule has 28 heavy (non-hydrogen) atoms. The van der Waals surface area contributed by atoms with Gasteiger partial charge < -0.3 is 4.98 Å². The van der Waals surface area contributed by atoms with Crippen LogP contribution in [0.4, 0.5) is 0 Å². The van der Waals surface area contributed by atoms with Crippen molar-refractivity contribution in [2.75, 3.05) is 0 Å². The molecule has 0 bridgehead atoms. The molecule has 0 aliphatic rings. The molecule has 0 fully saturated rings. The van der Waals surface area contributed by atoms with E-state index in [-0.39, 0.29) is 11.0 Å². The predicted octanol–water partition coefficient (Wildman–Crippen LogP) is 4.90. The van der Waals surface area contributed by atoms with Gasteiger partial charge in [0.1, 0.15) is 16.7 Å². The second-order valence-electron chi connectivity index (χ2n) is 7.83. The van der Waals surface area contributed by atoms with Crippen molar-refractivity contribution >= 4 is 17.0 Å². The fourth-order valence-electron chi connectivity index (χ4n) is 3.26. The minimum atomic E-state index is -0.166. The molecular formula is C22H20N4OS. The molecule has 0 radical (unpaired) electrons. The second-order valence-corrected chi connectivity index (χ2v) is 8.69. The van der Waals surface area contributed by atoms with E-state index in [9.17, 15) is 10.1 Å². The number of nitrogens with zero attached hydrogens (tertiary/aromatic N) is 3. The Hall–Kier alpha value is -3.17. The summed E-state index contributed by atoms with van der Waals surface area (Å²) in [6, 6.07) is 12.1. The van der Waals surface area contributed by atoms with Crippen LogP contribution in [0.25, 0.3) is 27.5 Å². The van der Waals surface area contributed by atoms with E-state index in [1.807, 2.05) is 42.6 Å². The number of hydrogen-bond donors (Lipinski definition) is 1. The van der Waals surface area contributed by atoms with Gasteiger partial charge in [0, 0.05) is 28.2 Å². The highest BCUT2D eigenvalue weighted by atomic mass is 32.1. The summed E-state index contributed by atoms with van der Waals surface area (Å²) in [5.41, 5.74) is 4.33. The number of nitriles is 1. The number of aromatic amines is 1. The Morgan fingerprint density at radius 1 is 1.21 bits per heavy atom. The van der Waals surface area contributed by atoms with E-state index in [2.05, 4.69) is 31.8 Å². The van der Waals surface area contributed by atoms with E-state index in [1.54, 1.807) is 10.6 Å². The lowest BCUT2D eigenvalue weighted by Crippen LogP contribution is -2.18. The summed E-state index contributed by atoms with van der Waals surface area (Å²) in [7, 11) is 0. The second kappa shape index (κ2) is 6.47. The van der Waals surface area contributed by atoms with Crippen LogP contribution < -0.4 is 5.56 Å². The molecule has 3 heterocycles. The van der Waals surface area contributed by atoms with Crippen molar-refractivity contribution in [1.82, 2.24) is 14.4 Å². The number of aromatic nitrogens is 3. The Kier molecular flexibility index (Phi) is 4.20. The van der Waals surface area contributed by atoms with Crippen LogP contribution in [0, 0.1) is 18.3 Å². The van der Waals surface area contributed by atoms with E-state index in [4.69, 9.17) is 4.98 Å². The summed E-state index contributed by atoms with van der Waals surface area (Å²) in [6.45, 7) is 8.01. The highest BCUT2D eigenvalue weighted by molar-refractivity contribution is 7.13. The zero-order valence-electron chi connectivity index (χ0n) is 16.2. The van der Waals surface area contributed by atoms with E-state index >= 15 is 0 Å². The van der Waals surface area contributed by atoms with Crippen molar-refractivity contribution in [3.63, 3.8) is 0 Å². The van der Waals surface area contributed by atoms with Gasteiger partial charge in [0.05, 0.1) is 16.8 Å². The SMILES string of the molecule is Cc1c(-c2csc(-c3ccccc3)n2)c(=O)n2cc(C(C)(C)C)[nH]c2c1C#N. The lowest BCUT2D eigenvalue weighted by Gasteiger charge is -2.14. The van der Waals surface area contributed by atoms with E-state index < -0.39 is 0 Å². The summed E-state index contributed by atoms with van der Waals surface area (Å²) in [5, 5.41) is 12.5.